The zero-order valence-electron chi connectivity index (χ0n) is 15.6. The Morgan fingerprint density at radius 2 is 1.90 bits per heavy atom. The number of hydrogen-bond acceptors (Lipinski definition) is 6. The van der Waals surface area contributed by atoms with Crippen LogP contribution in [0.4, 0.5) is 13.2 Å². The van der Waals surface area contributed by atoms with E-state index in [4.69, 9.17) is 4.74 Å². The van der Waals surface area contributed by atoms with E-state index >= 15 is 0 Å². The van der Waals surface area contributed by atoms with Crippen LogP contribution in [0.1, 0.15) is 24.1 Å². The van der Waals surface area contributed by atoms with E-state index in [1.54, 1.807) is 25.1 Å². The molecular weight excluding hydrogens is 389 g/mol. The fourth-order valence-corrected chi connectivity index (χ4v) is 2.92. The summed E-state index contributed by atoms with van der Waals surface area (Å²) in [5.74, 6) is 0.411. The molecule has 29 heavy (non-hydrogen) atoms. The molecule has 0 bridgehead atoms. The Bertz CT molecular complexity index is 1050. The molecule has 0 saturated heterocycles. The first-order valence-electron chi connectivity index (χ1n) is 8.72. The third-order valence-electron chi connectivity index (χ3n) is 4.46. The van der Waals surface area contributed by atoms with Crippen LogP contribution in [0.3, 0.4) is 0 Å². The highest BCUT2D eigenvalue weighted by Crippen LogP contribution is 2.30. The van der Waals surface area contributed by atoms with E-state index < -0.39 is 29.6 Å². The zero-order chi connectivity index (χ0) is 21.2. The van der Waals surface area contributed by atoms with Gasteiger partial charge in [-0.2, -0.15) is 13.2 Å². The SMILES string of the molecule is COc1cccc2c(=O)n(CC(O)N[C@@H](C)c3ccc(C(F)(F)F)cc3)nnc12. The molecule has 0 aliphatic carbocycles. The molecule has 3 rings (SSSR count). The number of nitrogens with zero attached hydrogens (tertiary/aromatic N) is 3. The van der Waals surface area contributed by atoms with Crippen molar-refractivity contribution in [3.63, 3.8) is 0 Å². The van der Waals surface area contributed by atoms with E-state index in [2.05, 4.69) is 15.6 Å². The van der Waals surface area contributed by atoms with Gasteiger partial charge in [-0.15, -0.1) is 5.10 Å². The average molecular weight is 408 g/mol. The van der Waals surface area contributed by atoms with Crippen molar-refractivity contribution >= 4 is 10.9 Å². The van der Waals surface area contributed by atoms with Gasteiger partial charge in [-0.05, 0) is 36.8 Å². The van der Waals surface area contributed by atoms with Crippen molar-refractivity contribution in [3.8, 4) is 5.75 Å². The van der Waals surface area contributed by atoms with Gasteiger partial charge in [0.25, 0.3) is 5.56 Å². The summed E-state index contributed by atoms with van der Waals surface area (Å²) >= 11 is 0. The summed E-state index contributed by atoms with van der Waals surface area (Å²) in [4.78, 5) is 12.6. The number of alkyl halides is 3. The minimum absolute atomic E-state index is 0.191. The van der Waals surface area contributed by atoms with Gasteiger partial charge in [0.2, 0.25) is 0 Å². The van der Waals surface area contributed by atoms with Gasteiger partial charge < -0.3 is 9.84 Å². The first kappa shape index (κ1) is 20.7. The number of aromatic nitrogens is 3. The number of aliphatic hydroxyl groups is 1. The summed E-state index contributed by atoms with van der Waals surface area (Å²) in [7, 11) is 1.46. The van der Waals surface area contributed by atoms with Gasteiger partial charge >= 0.3 is 6.18 Å². The molecule has 7 nitrogen and oxygen atoms in total. The molecule has 2 atom stereocenters. The Morgan fingerprint density at radius 3 is 2.52 bits per heavy atom. The fraction of sp³-hybridized carbons (Fsp3) is 0.316. The van der Waals surface area contributed by atoms with Gasteiger partial charge in [0.1, 0.15) is 17.5 Å². The van der Waals surface area contributed by atoms with Crippen molar-refractivity contribution in [2.75, 3.05) is 7.11 Å². The number of nitrogens with one attached hydrogen (secondary N) is 1. The normalized spacial score (nSPS) is 14.0. The van der Waals surface area contributed by atoms with E-state index in [1.165, 1.54) is 19.2 Å². The van der Waals surface area contributed by atoms with Crippen LogP contribution in [0, 0.1) is 0 Å². The van der Waals surface area contributed by atoms with Gasteiger partial charge in [-0.25, -0.2) is 4.68 Å². The molecule has 1 unspecified atom stereocenters. The third kappa shape index (κ3) is 4.54. The van der Waals surface area contributed by atoms with Gasteiger partial charge in [-0.3, -0.25) is 10.1 Å². The molecule has 0 aliphatic heterocycles. The van der Waals surface area contributed by atoms with Gasteiger partial charge in [0, 0.05) is 6.04 Å². The van der Waals surface area contributed by atoms with E-state index in [-0.39, 0.29) is 6.54 Å². The number of halogens is 3. The first-order chi connectivity index (χ1) is 13.7. The van der Waals surface area contributed by atoms with Crippen molar-refractivity contribution < 1.29 is 23.0 Å². The third-order valence-corrected chi connectivity index (χ3v) is 4.46. The largest absolute Gasteiger partial charge is 0.494 e. The highest BCUT2D eigenvalue weighted by Gasteiger charge is 2.30. The summed E-state index contributed by atoms with van der Waals surface area (Å²) in [5, 5.41) is 21.2. The minimum Gasteiger partial charge on any atom is -0.494 e. The molecule has 1 heterocycles. The number of ether oxygens (including phenoxy) is 1. The number of fused-ring (bicyclic) bond motifs is 1. The van der Waals surface area contributed by atoms with Gasteiger partial charge in [-0.1, -0.05) is 23.4 Å². The molecule has 10 heteroatoms. The highest BCUT2D eigenvalue weighted by atomic mass is 19.4. The van der Waals surface area contributed by atoms with Crippen molar-refractivity contribution in [1.82, 2.24) is 20.3 Å². The molecule has 2 N–H and O–H groups in total. The van der Waals surface area contributed by atoms with E-state index in [0.29, 0.717) is 22.2 Å². The molecule has 0 spiro atoms. The molecule has 3 aromatic rings. The van der Waals surface area contributed by atoms with Crippen LogP contribution in [0.15, 0.2) is 47.3 Å². The lowest BCUT2D eigenvalue weighted by Crippen LogP contribution is -2.39. The van der Waals surface area contributed by atoms with Crippen LogP contribution in [0.2, 0.25) is 0 Å². The lowest BCUT2D eigenvalue weighted by Gasteiger charge is -2.20. The smallest absolute Gasteiger partial charge is 0.416 e. The summed E-state index contributed by atoms with van der Waals surface area (Å²) in [6.07, 6.45) is -5.59. The van der Waals surface area contributed by atoms with Gasteiger partial charge in [0.15, 0.2) is 0 Å². The zero-order valence-corrected chi connectivity index (χ0v) is 15.6. The molecule has 0 aliphatic rings. The lowest BCUT2D eigenvalue weighted by atomic mass is 10.1. The molecular formula is C19H19F3N4O3. The summed E-state index contributed by atoms with van der Waals surface area (Å²) in [6.45, 7) is 1.50. The van der Waals surface area contributed by atoms with Crippen molar-refractivity contribution in [2.45, 2.75) is 31.9 Å². The lowest BCUT2D eigenvalue weighted by molar-refractivity contribution is -0.137. The molecule has 0 radical (unpaired) electrons. The van der Waals surface area contributed by atoms with Crippen LogP contribution < -0.4 is 15.6 Å². The average Bonchev–Trinajstić information content (AvgIpc) is 2.69. The Morgan fingerprint density at radius 1 is 1.21 bits per heavy atom. The second kappa shape index (κ2) is 8.18. The Kier molecular flexibility index (Phi) is 5.85. The van der Waals surface area contributed by atoms with Crippen molar-refractivity contribution in [1.29, 1.82) is 0 Å². The molecule has 0 saturated carbocycles. The van der Waals surface area contributed by atoms with Crippen LogP contribution in [0.5, 0.6) is 5.75 Å². The summed E-state index contributed by atoms with van der Waals surface area (Å²) < 4.78 is 44.1. The maximum absolute atomic E-state index is 12.7. The molecule has 2 aromatic carbocycles. The Balaban J connectivity index is 1.73. The standard InChI is InChI=1S/C19H19F3N4O3/c1-11(12-6-8-13(9-7-12)19(20,21)22)23-16(27)10-26-18(28)14-4-3-5-15(29-2)17(14)24-25-26/h3-9,11,16,23,27H,10H2,1-2H3/t11-,16?/m0/s1. The van der Waals surface area contributed by atoms with E-state index in [9.17, 15) is 23.1 Å². The molecule has 0 fully saturated rings. The predicted molar refractivity (Wildman–Crippen MR) is 99.4 cm³/mol. The number of aliphatic hydroxyl groups excluding tert-OH is 1. The summed E-state index contributed by atoms with van der Waals surface area (Å²) in [6, 6.07) is 9.05. The van der Waals surface area contributed by atoms with Gasteiger partial charge in [0.05, 0.1) is 24.6 Å². The fourth-order valence-electron chi connectivity index (χ4n) is 2.92. The minimum atomic E-state index is -4.41. The predicted octanol–water partition coefficient (Wildman–Crippen LogP) is 2.49. The van der Waals surface area contributed by atoms with Crippen molar-refractivity contribution in [2.24, 2.45) is 0 Å². The van der Waals surface area contributed by atoms with E-state index in [0.717, 1.165) is 16.8 Å². The number of benzene rings is 2. The van der Waals surface area contributed by atoms with Crippen LogP contribution >= 0.6 is 0 Å². The van der Waals surface area contributed by atoms with Crippen LogP contribution in [-0.2, 0) is 12.7 Å². The second-order valence-electron chi connectivity index (χ2n) is 6.46. The molecule has 1 aromatic heterocycles. The molecule has 0 amide bonds. The van der Waals surface area contributed by atoms with Crippen molar-refractivity contribution in [3.05, 3.63) is 63.9 Å². The number of rotatable bonds is 6. The summed E-state index contributed by atoms with van der Waals surface area (Å²) in [5.41, 5.74) is -0.324. The monoisotopic (exact) mass is 408 g/mol. The topological polar surface area (TPSA) is 89.3 Å². The maximum Gasteiger partial charge on any atom is 0.416 e. The van der Waals surface area contributed by atoms with Crippen LogP contribution in [-0.4, -0.2) is 33.4 Å². The highest BCUT2D eigenvalue weighted by molar-refractivity contribution is 5.82. The number of methoxy groups -OCH3 is 1. The maximum atomic E-state index is 12.7. The Hall–Kier alpha value is -2.98. The van der Waals surface area contributed by atoms with Crippen LogP contribution in [0.25, 0.3) is 10.9 Å². The van der Waals surface area contributed by atoms with E-state index in [1.807, 2.05) is 0 Å². The quantitative estimate of drug-likeness (QED) is 0.610. The first-order valence-corrected chi connectivity index (χ1v) is 8.72. The second-order valence-corrected chi connectivity index (χ2v) is 6.46. The number of hydrogen-bond donors (Lipinski definition) is 2. The Labute approximate surface area is 163 Å². The molecule has 154 valence electrons.